The van der Waals surface area contributed by atoms with Crippen molar-refractivity contribution in [1.82, 2.24) is 4.90 Å². The quantitative estimate of drug-likeness (QED) is 0.780. The van der Waals surface area contributed by atoms with Gasteiger partial charge in [-0.2, -0.15) is 0 Å². The number of para-hydroxylation sites is 1. The molecule has 1 saturated heterocycles. The van der Waals surface area contributed by atoms with Crippen molar-refractivity contribution in [3.8, 4) is 0 Å². The summed E-state index contributed by atoms with van der Waals surface area (Å²) in [6, 6.07) is 8.43. The summed E-state index contributed by atoms with van der Waals surface area (Å²) in [6.07, 6.45) is 0.715. The van der Waals surface area contributed by atoms with Crippen LogP contribution in [0.3, 0.4) is 0 Å². The Kier molecular flexibility index (Phi) is 4.57. The molecule has 0 aromatic heterocycles. The van der Waals surface area contributed by atoms with Gasteiger partial charge in [-0.3, -0.25) is 14.5 Å². The van der Waals surface area contributed by atoms with Crippen molar-refractivity contribution in [1.29, 1.82) is 0 Å². The van der Waals surface area contributed by atoms with E-state index >= 15 is 0 Å². The molecule has 6 nitrogen and oxygen atoms in total. The van der Waals surface area contributed by atoms with E-state index in [0.29, 0.717) is 18.5 Å². The number of carbonyl (C=O) groups excluding carboxylic acids is 3. The van der Waals surface area contributed by atoms with E-state index in [1.807, 2.05) is 18.2 Å². The van der Waals surface area contributed by atoms with E-state index in [4.69, 9.17) is 4.74 Å². The molecular weight excluding hydrogens is 272 g/mol. The molecule has 0 spiro atoms. The number of methoxy groups -OCH3 is 1. The normalized spacial score (nSPS) is 17.7. The van der Waals surface area contributed by atoms with Crippen LogP contribution in [-0.4, -0.2) is 42.5 Å². The van der Waals surface area contributed by atoms with Gasteiger partial charge in [0.25, 0.3) is 0 Å². The summed E-state index contributed by atoms with van der Waals surface area (Å²) in [5.74, 6) is -0.783. The molecule has 1 heterocycles. The Morgan fingerprint density at radius 2 is 2.00 bits per heavy atom. The van der Waals surface area contributed by atoms with Crippen molar-refractivity contribution in [2.75, 3.05) is 18.7 Å². The van der Waals surface area contributed by atoms with E-state index in [9.17, 15) is 14.4 Å². The highest BCUT2D eigenvalue weighted by Crippen LogP contribution is 2.22. The van der Waals surface area contributed by atoms with Crippen LogP contribution in [0.15, 0.2) is 30.3 Å². The van der Waals surface area contributed by atoms with Crippen LogP contribution in [0, 0.1) is 0 Å². The first-order valence-electron chi connectivity index (χ1n) is 6.75. The Bertz CT molecular complexity index is 544. The summed E-state index contributed by atoms with van der Waals surface area (Å²) in [4.78, 5) is 38.4. The molecule has 1 aliphatic heterocycles. The minimum absolute atomic E-state index is 0.0535. The number of hydrogen-bond donors (Lipinski definition) is 0. The molecule has 1 atom stereocenters. The highest BCUT2D eigenvalue weighted by atomic mass is 16.5. The second-order valence-electron chi connectivity index (χ2n) is 4.87. The largest absolute Gasteiger partial charge is 0.467 e. The highest BCUT2D eigenvalue weighted by Gasteiger charge is 2.38. The van der Waals surface area contributed by atoms with Gasteiger partial charge in [-0.1, -0.05) is 18.2 Å². The molecule has 1 aliphatic rings. The Balaban J connectivity index is 2.21. The van der Waals surface area contributed by atoms with Crippen molar-refractivity contribution in [3.05, 3.63) is 30.3 Å². The molecule has 0 N–H and O–H groups in total. The van der Waals surface area contributed by atoms with Crippen LogP contribution >= 0.6 is 0 Å². The lowest BCUT2D eigenvalue weighted by molar-refractivity contribution is -0.149. The molecule has 112 valence electrons. The molecule has 2 amide bonds. The summed E-state index contributed by atoms with van der Waals surface area (Å²) < 4.78 is 4.72. The smallest absolute Gasteiger partial charge is 0.328 e. The second-order valence-corrected chi connectivity index (χ2v) is 4.87. The van der Waals surface area contributed by atoms with E-state index in [-0.39, 0.29) is 18.5 Å². The maximum atomic E-state index is 12.0. The Labute approximate surface area is 123 Å². The predicted molar refractivity (Wildman–Crippen MR) is 76.4 cm³/mol. The van der Waals surface area contributed by atoms with E-state index < -0.39 is 12.0 Å². The molecule has 0 saturated carbocycles. The predicted octanol–water partition coefficient (Wildman–Crippen LogP) is 1.16. The van der Waals surface area contributed by atoms with Gasteiger partial charge in [-0.05, 0) is 18.6 Å². The first-order valence-corrected chi connectivity index (χ1v) is 6.75. The highest BCUT2D eigenvalue weighted by molar-refractivity contribution is 5.93. The molecule has 2 rings (SSSR count). The van der Waals surface area contributed by atoms with E-state index in [1.54, 1.807) is 12.1 Å². The maximum absolute atomic E-state index is 12.0. The zero-order valence-corrected chi connectivity index (χ0v) is 12.1. The van der Waals surface area contributed by atoms with Crippen LogP contribution in [0.5, 0.6) is 0 Å². The molecule has 1 aromatic rings. The molecule has 0 radical (unpaired) electrons. The number of hydrogen-bond acceptors (Lipinski definition) is 4. The Morgan fingerprint density at radius 3 is 2.57 bits per heavy atom. The molecule has 1 fully saturated rings. The number of ether oxygens (including phenoxy) is 1. The number of anilines is 1. The lowest BCUT2D eigenvalue weighted by Crippen LogP contribution is -2.47. The average molecular weight is 290 g/mol. The van der Waals surface area contributed by atoms with Gasteiger partial charge in [0.05, 0.1) is 7.11 Å². The minimum atomic E-state index is -0.618. The summed E-state index contributed by atoms with van der Waals surface area (Å²) in [6.45, 7) is 1.48. The lowest BCUT2D eigenvalue weighted by Gasteiger charge is -2.30. The standard InChI is InChI=1S/C15H18N2O4/c1-11(18)16(12-6-4-3-5-7-12)10-17-13(15(20)21-2)8-9-14(17)19/h3-7,13H,8-10H2,1-2H3/t13-/m0/s1. The first-order chi connectivity index (χ1) is 10.0. The Morgan fingerprint density at radius 1 is 1.33 bits per heavy atom. The van der Waals surface area contributed by atoms with Gasteiger partial charge < -0.3 is 9.64 Å². The zero-order chi connectivity index (χ0) is 15.4. The van der Waals surface area contributed by atoms with Crippen LogP contribution < -0.4 is 4.90 Å². The fraction of sp³-hybridized carbons (Fsp3) is 0.400. The first kappa shape index (κ1) is 15.0. The van der Waals surface area contributed by atoms with E-state index in [1.165, 1.54) is 23.8 Å². The van der Waals surface area contributed by atoms with Crippen molar-refractivity contribution in [2.45, 2.75) is 25.8 Å². The number of amides is 2. The second kappa shape index (κ2) is 6.39. The van der Waals surface area contributed by atoms with Gasteiger partial charge in [0, 0.05) is 19.0 Å². The molecule has 0 bridgehead atoms. The fourth-order valence-electron chi connectivity index (χ4n) is 2.42. The Hall–Kier alpha value is -2.37. The SMILES string of the molecule is COC(=O)[C@@H]1CCC(=O)N1CN(C(C)=O)c1ccccc1. The third-order valence-corrected chi connectivity index (χ3v) is 3.54. The van der Waals surface area contributed by atoms with Crippen molar-refractivity contribution in [3.63, 3.8) is 0 Å². The lowest BCUT2D eigenvalue weighted by atomic mass is 10.2. The van der Waals surface area contributed by atoms with Gasteiger partial charge in [0.1, 0.15) is 12.7 Å². The average Bonchev–Trinajstić information content (AvgIpc) is 2.85. The van der Waals surface area contributed by atoms with Crippen LogP contribution in [0.1, 0.15) is 19.8 Å². The zero-order valence-electron chi connectivity index (χ0n) is 12.1. The molecule has 6 heteroatoms. The molecule has 21 heavy (non-hydrogen) atoms. The van der Waals surface area contributed by atoms with Crippen molar-refractivity contribution < 1.29 is 19.1 Å². The van der Waals surface area contributed by atoms with Gasteiger partial charge in [-0.15, -0.1) is 0 Å². The topological polar surface area (TPSA) is 66.9 Å². The molecule has 0 aliphatic carbocycles. The van der Waals surface area contributed by atoms with Crippen LogP contribution in [0.2, 0.25) is 0 Å². The number of benzene rings is 1. The summed E-state index contributed by atoms with van der Waals surface area (Å²) in [7, 11) is 1.29. The van der Waals surface area contributed by atoms with Gasteiger partial charge in [-0.25, -0.2) is 4.79 Å². The number of carbonyl (C=O) groups is 3. The third-order valence-electron chi connectivity index (χ3n) is 3.54. The number of rotatable bonds is 4. The van der Waals surface area contributed by atoms with Crippen LogP contribution in [-0.2, 0) is 19.1 Å². The fourth-order valence-corrected chi connectivity index (χ4v) is 2.42. The van der Waals surface area contributed by atoms with E-state index in [0.717, 1.165) is 0 Å². The van der Waals surface area contributed by atoms with E-state index in [2.05, 4.69) is 0 Å². The maximum Gasteiger partial charge on any atom is 0.328 e. The molecule has 0 unspecified atom stereocenters. The number of nitrogens with zero attached hydrogens (tertiary/aromatic N) is 2. The molecular formula is C15H18N2O4. The van der Waals surface area contributed by atoms with Gasteiger partial charge in [0.2, 0.25) is 11.8 Å². The van der Waals surface area contributed by atoms with Crippen LogP contribution in [0.25, 0.3) is 0 Å². The van der Waals surface area contributed by atoms with Crippen molar-refractivity contribution in [2.24, 2.45) is 0 Å². The van der Waals surface area contributed by atoms with Gasteiger partial charge in [0.15, 0.2) is 0 Å². The summed E-state index contributed by atoms with van der Waals surface area (Å²) in [5.41, 5.74) is 0.688. The third kappa shape index (κ3) is 3.21. The van der Waals surface area contributed by atoms with Gasteiger partial charge >= 0.3 is 5.97 Å². The van der Waals surface area contributed by atoms with Crippen molar-refractivity contribution >= 4 is 23.5 Å². The number of likely N-dealkylation sites (tertiary alicyclic amines) is 1. The molecule has 1 aromatic carbocycles. The van der Waals surface area contributed by atoms with Crippen LogP contribution in [0.4, 0.5) is 5.69 Å². The summed E-state index contributed by atoms with van der Waals surface area (Å²) >= 11 is 0. The minimum Gasteiger partial charge on any atom is -0.467 e. The number of esters is 1. The summed E-state index contributed by atoms with van der Waals surface area (Å²) in [5, 5.41) is 0. The monoisotopic (exact) mass is 290 g/mol.